The fourth-order valence-electron chi connectivity index (χ4n) is 1.34. The molecule has 1 rings (SSSR count). The maximum absolute atomic E-state index is 8.73. The Morgan fingerprint density at radius 2 is 2.29 bits per heavy atom. The molecule has 0 atom stereocenters. The molecule has 0 saturated carbocycles. The second-order valence-corrected chi connectivity index (χ2v) is 4.69. The lowest BCUT2D eigenvalue weighted by Crippen LogP contribution is -2.14. The zero-order chi connectivity index (χ0) is 12.7. The van der Waals surface area contributed by atoms with E-state index in [0.717, 1.165) is 34.8 Å². The van der Waals surface area contributed by atoms with Gasteiger partial charge in [0, 0.05) is 10.5 Å². The van der Waals surface area contributed by atoms with Crippen LogP contribution in [-0.2, 0) is 0 Å². The summed E-state index contributed by atoms with van der Waals surface area (Å²) in [5.74, 6) is 1.92. The average molecular weight is 254 g/mol. The monoisotopic (exact) mass is 254 g/mol. The molecule has 5 heteroatoms. The molecule has 0 spiro atoms. The Hall–Kier alpha value is -1.36. The molecule has 94 valence electrons. The first kappa shape index (κ1) is 13.7. The first-order chi connectivity index (χ1) is 8.22. The SMILES string of the molecule is CCCCSc1cc(OC)ccc1/C(N)=N/O. The minimum atomic E-state index is 0.131. The maximum atomic E-state index is 8.73. The molecule has 0 amide bonds. The molecule has 0 fully saturated rings. The van der Waals surface area contributed by atoms with Crippen LogP contribution in [0.15, 0.2) is 28.3 Å². The average Bonchev–Trinajstić information content (AvgIpc) is 2.38. The van der Waals surface area contributed by atoms with Gasteiger partial charge in [-0.1, -0.05) is 18.5 Å². The van der Waals surface area contributed by atoms with Crippen molar-refractivity contribution in [1.82, 2.24) is 0 Å². The Bertz CT molecular complexity index is 394. The Balaban J connectivity index is 2.95. The number of hydrogen-bond acceptors (Lipinski definition) is 4. The summed E-state index contributed by atoms with van der Waals surface area (Å²) in [4.78, 5) is 0.980. The standard InChI is InChI=1S/C12H18N2O2S/c1-3-4-7-17-11-8-9(16-2)5-6-10(11)12(13)14-15/h5-6,8,15H,3-4,7H2,1-2H3,(H2,13,14). The molecule has 0 bridgehead atoms. The third kappa shape index (κ3) is 3.85. The highest BCUT2D eigenvalue weighted by Gasteiger charge is 2.09. The Morgan fingerprint density at radius 1 is 1.53 bits per heavy atom. The molecular formula is C12H18N2O2S. The number of methoxy groups -OCH3 is 1. The Kier molecular flexibility index (Phi) is 5.69. The molecule has 0 radical (unpaired) electrons. The van der Waals surface area contributed by atoms with Crippen molar-refractivity contribution in [3.8, 4) is 5.75 Å². The van der Waals surface area contributed by atoms with Gasteiger partial charge in [0.1, 0.15) is 5.75 Å². The van der Waals surface area contributed by atoms with Crippen LogP contribution in [0.5, 0.6) is 5.75 Å². The number of unbranched alkanes of at least 4 members (excludes halogenated alkanes) is 1. The first-order valence-corrected chi connectivity index (χ1v) is 6.50. The lowest BCUT2D eigenvalue weighted by molar-refractivity contribution is 0.318. The van der Waals surface area contributed by atoms with E-state index in [1.807, 2.05) is 12.1 Å². The van der Waals surface area contributed by atoms with E-state index in [4.69, 9.17) is 15.7 Å². The fraction of sp³-hybridized carbons (Fsp3) is 0.417. The molecule has 0 aliphatic carbocycles. The summed E-state index contributed by atoms with van der Waals surface area (Å²) >= 11 is 1.69. The van der Waals surface area contributed by atoms with Crippen LogP contribution in [-0.4, -0.2) is 23.9 Å². The van der Waals surface area contributed by atoms with Gasteiger partial charge < -0.3 is 15.7 Å². The molecule has 1 aromatic rings. The summed E-state index contributed by atoms with van der Waals surface area (Å²) in [5.41, 5.74) is 6.38. The van der Waals surface area contributed by atoms with E-state index in [1.54, 1.807) is 24.9 Å². The summed E-state index contributed by atoms with van der Waals surface area (Å²) in [6.45, 7) is 2.15. The number of amidine groups is 1. The highest BCUT2D eigenvalue weighted by atomic mass is 32.2. The van der Waals surface area contributed by atoms with Crippen molar-refractivity contribution < 1.29 is 9.94 Å². The smallest absolute Gasteiger partial charge is 0.171 e. The molecule has 0 unspecified atom stereocenters. The maximum Gasteiger partial charge on any atom is 0.171 e. The molecular weight excluding hydrogens is 236 g/mol. The fourth-order valence-corrected chi connectivity index (χ4v) is 2.52. The van der Waals surface area contributed by atoms with Crippen molar-refractivity contribution in [2.24, 2.45) is 10.9 Å². The van der Waals surface area contributed by atoms with E-state index < -0.39 is 0 Å². The van der Waals surface area contributed by atoms with Gasteiger partial charge in [0.05, 0.1) is 7.11 Å². The molecule has 17 heavy (non-hydrogen) atoms. The van der Waals surface area contributed by atoms with Gasteiger partial charge in [0.2, 0.25) is 0 Å². The predicted molar refractivity (Wildman–Crippen MR) is 71.1 cm³/mol. The van der Waals surface area contributed by atoms with Crippen molar-refractivity contribution in [1.29, 1.82) is 0 Å². The summed E-state index contributed by atoms with van der Waals surface area (Å²) in [6, 6.07) is 5.52. The number of nitrogens with two attached hydrogens (primary N) is 1. The van der Waals surface area contributed by atoms with Crippen molar-refractivity contribution in [2.45, 2.75) is 24.7 Å². The van der Waals surface area contributed by atoms with E-state index in [9.17, 15) is 0 Å². The second kappa shape index (κ2) is 7.06. The molecule has 0 heterocycles. The lowest BCUT2D eigenvalue weighted by atomic mass is 10.2. The van der Waals surface area contributed by atoms with Gasteiger partial charge in [-0.2, -0.15) is 0 Å². The van der Waals surface area contributed by atoms with Gasteiger partial charge in [-0.15, -0.1) is 11.8 Å². The number of benzene rings is 1. The molecule has 0 aromatic heterocycles. The minimum Gasteiger partial charge on any atom is -0.497 e. The number of oxime groups is 1. The van der Waals surface area contributed by atoms with Gasteiger partial charge in [-0.05, 0) is 30.4 Å². The van der Waals surface area contributed by atoms with E-state index in [-0.39, 0.29) is 5.84 Å². The third-order valence-electron chi connectivity index (χ3n) is 2.33. The van der Waals surface area contributed by atoms with Crippen LogP contribution in [0.3, 0.4) is 0 Å². The van der Waals surface area contributed by atoms with Crippen LogP contribution in [0.1, 0.15) is 25.3 Å². The molecule has 1 aromatic carbocycles. The van der Waals surface area contributed by atoms with Gasteiger partial charge in [0.25, 0.3) is 0 Å². The van der Waals surface area contributed by atoms with Crippen LogP contribution in [0, 0.1) is 0 Å². The largest absolute Gasteiger partial charge is 0.497 e. The summed E-state index contributed by atoms with van der Waals surface area (Å²) < 4.78 is 5.17. The van der Waals surface area contributed by atoms with E-state index in [0.29, 0.717) is 0 Å². The van der Waals surface area contributed by atoms with Gasteiger partial charge in [-0.25, -0.2) is 0 Å². The highest BCUT2D eigenvalue weighted by molar-refractivity contribution is 7.99. The van der Waals surface area contributed by atoms with Crippen molar-refractivity contribution in [2.75, 3.05) is 12.9 Å². The Labute approximate surface area is 106 Å². The van der Waals surface area contributed by atoms with Crippen molar-refractivity contribution in [3.63, 3.8) is 0 Å². The van der Waals surface area contributed by atoms with Crippen LogP contribution >= 0.6 is 11.8 Å². The second-order valence-electron chi connectivity index (χ2n) is 3.55. The minimum absolute atomic E-state index is 0.131. The zero-order valence-corrected chi connectivity index (χ0v) is 11.0. The van der Waals surface area contributed by atoms with E-state index >= 15 is 0 Å². The Morgan fingerprint density at radius 3 is 2.88 bits per heavy atom. The number of ether oxygens (including phenoxy) is 1. The normalized spacial score (nSPS) is 11.5. The van der Waals surface area contributed by atoms with Crippen molar-refractivity contribution >= 4 is 17.6 Å². The number of hydrogen-bond donors (Lipinski definition) is 2. The molecule has 3 N–H and O–H groups in total. The highest BCUT2D eigenvalue weighted by Crippen LogP contribution is 2.28. The number of nitrogens with zero attached hydrogens (tertiary/aromatic N) is 1. The molecule has 0 aliphatic heterocycles. The van der Waals surface area contributed by atoms with Crippen LogP contribution in [0.25, 0.3) is 0 Å². The van der Waals surface area contributed by atoms with Crippen LogP contribution < -0.4 is 10.5 Å². The van der Waals surface area contributed by atoms with Gasteiger partial charge in [0.15, 0.2) is 5.84 Å². The third-order valence-corrected chi connectivity index (χ3v) is 3.47. The lowest BCUT2D eigenvalue weighted by Gasteiger charge is -2.09. The molecule has 0 aliphatic rings. The van der Waals surface area contributed by atoms with Crippen LogP contribution in [0.4, 0.5) is 0 Å². The van der Waals surface area contributed by atoms with Gasteiger partial charge >= 0.3 is 0 Å². The topological polar surface area (TPSA) is 67.8 Å². The quantitative estimate of drug-likeness (QED) is 0.204. The first-order valence-electron chi connectivity index (χ1n) is 5.51. The summed E-state index contributed by atoms with van der Waals surface area (Å²) in [7, 11) is 1.62. The predicted octanol–water partition coefficient (Wildman–Crippen LogP) is 2.68. The zero-order valence-electron chi connectivity index (χ0n) is 10.1. The molecule has 0 saturated heterocycles. The number of rotatable bonds is 6. The number of thioether (sulfide) groups is 1. The van der Waals surface area contributed by atoms with E-state index in [2.05, 4.69) is 12.1 Å². The van der Waals surface area contributed by atoms with Crippen molar-refractivity contribution in [3.05, 3.63) is 23.8 Å². The van der Waals surface area contributed by atoms with E-state index in [1.165, 1.54) is 0 Å². The summed E-state index contributed by atoms with van der Waals surface area (Å²) in [6.07, 6.45) is 2.29. The van der Waals surface area contributed by atoms with Gasteiger partial charge in [-0.3, -0.25) is 0 Å². The summed E-state index contributed by atoms with van der Waals surface area (Å²) in [5, 5.41) is 11.8. The van der Waals surface area contributed by atoms with Crippen LogP contribution in [0.2, 0.25) is 0 Å². The molecule has 4 nitrogen and oxygen atoms in total.